The first kappa shape index (κ1) is 15.1. The lowest BCUT2D eigenvalue weighted by atomic mass is 10.1. The molecule has 0 saturated heterocycles. The van der Waals surface area contributed by atoms with Crippen molar-refractivity contribution >= 4 is 23.0 Å². The zero-order chi connectivity index (χ0) is 15.2. The molecule has 2 rings (SSSR count). The van der Waals surface area contributed by atoms with E-state index in [1.807, 2.05) is 30.5 Å². The summed E-state index contributed by atoms with van der Waals surface area (Å²) in [6.07, 6.45) is 0. The Hall–Kier alpha value is -2.34. The fourth-order valence-electron chi connectivity index (χ4n) is 1.72. The molecule has 0 aliphatic carbocycles. The maximum Gasteiger partial charge on any atom is 0.281 e. The van der Waals surface area contributed by atoms with E-state index in [2.05, 4.69) is 10.5 Å². The van der Waals surface area contributed by atoms with Gasteiger partial charge in [0.2, 0.25) is 0 Å². The van der Waals surface area contributed by atoms with Crippen LogP contribution in [0, 0.1) is 0 Å². The summed E-state index contributed by atoms with van der Waals surface area (Å²) >= 11 is 1.37. The van der Waals surface area contributed by atoms with Gasteiger partial charge in [-0.3, -0.25) is 4.79 Å². The first-order valence-electron chi connectivity index (χ1n) is 6.26. The van der Waals surface area contributed by atoms with Crippen molar-refractivity contribution in [3.8, 4) is 11.5 Å². The molecule has 0 atom stereocenters. The summed E-state index contributed by atoms with van der Waals surface area (Å²) in [5.74, 6) is 1.05. The van der Waals surface area contributed by atoms with Gasteiger partial charge in [-0.2, -0.15) is 5.10 Å². The molecule has 6 heteroatoms. The summed E-state index contributed by atoms with van der Waals surface area (Å²) in [5, 5.41) is 5.96. The number of benzene rings is 1. The Kier molecular flexibility index (Phi) is 4.94. The molecule has 0 bridgehead atoms. The number of methoxy groups -OCH3 is 2. The van der Waals surface area contributed by atoms with Crippen LogP contribution in [0.3, 0.4) is 0 Å². The highest BCUT2D eigenvalue weighted by Gasteiger charge is 2.08. The summed E-state index contributed by atoms with van der Waals surface area (Å²) in [7, 11) is 3.16. The molecule has 0 spiro atoms. The van der Waals surface area contributed by atoms with Crippen molar-refractivity contribution in [3.63, 3.8) is 0 Å². The van der Waals surface area contributed by atoms with Gasteiger partial charge in [0.25, 0.3) is 5.91 Å². The zero-order valence-electron chi connectivity index (χ0n) is 12.0. The third-order valence-electron chi connectivity index (χ3n) is 2.87. The van der Waals surface area contributed by atoms with E-state index in [-0.39, 0.29) is 5.91 Å². The fourth-order valence-corrected chi connectivity index (χ4v) is 2.34. The molecule has 0 unspecified atom stereocenters. The lowest BCUT2D eigenvalue weighted by molar-refractivity contribution is 0.0959. The Labute approximate surface area is 127 Å². The van der Waals surface area contributed by atoms with Gasteiger partial charge < -0.3 is 9.47 Å². The van der Waals surface area contributed by atoms with Gasteiger partial charge in [0.05, 0.1) is 24.8 Å². The predicted octanol–water partition coefficient (Wildman–Crippen LogP) is 2.92. The van der Waals surface area contributed by atoms with Crippen molar-refractivity contribution in [1.29, 1.82) is 0 Å². The number of thiophene rings is 1. The number of carbonyl (C=O) groups is 1. The van der Waals surface area contributed by atoms with Crippen molar-refractivity contribution in [1.82, 2.24) is 5.43 Å². The number of hydrazone groups is 1. The number of nitrogens with zero attached hydrogens (tertiary/aromatic N) is 1. The zero-order valence-corrected chi connectivity index (χ0v) is 12.9. The van der Waals surface area contributed by atoms with Crippen molar-refractivity contribution in [3.05, 3.63) is 46.2 Å². The van der Waals surface area contributed by atoms with E-state index < -0.39 is 0 Å². The summed E-state index contributed by atoms with van der Waals surface area (Å²) in [6, 6.07) is 9.05. The number of hydrogen-bond acceptors (Lipinski definition) is 5. The largest absolute Gasteiger partial charge is 0.493 e. The Balaban J connectivity index is 2.14. The van der Waals surface area contributed by atoms with Gasteiger partial charge >= 0.3 is 0 Å². The smallest absolute Gasteiger partial charge is 0.281 e. The Bertz CT molecular complexity index is 651. The normalized spacial score (nSPS) is 11.1. The standard InChI is InChI=1S/C15H16N2O3S/c1-10(16-17-15(18)14-5-4-8-21-14)11-6-7-12(19-2)13(9-11)20-3/h4-9H,1-3H3,(H,17,18)/b16-10+. The maximum atomic E-state index is 11.8. The average molecular weight is 304 g/mol. The van der Waals surface area contributed by atoms with E-state index in [1.165, 1.54) is 11.3 Å². The Morgan fingerprint density at radius 2 is 1.95 bits per heavy atom. The van der Waals surface area contributed by atoms with E-state index in [1.54, 1.807) is 26.4 Å². The topological polar surface area (TPSA) is 59.9 Å². The van der Waals surface area contributed by atoms with Crippen LogP contribution in [0.25, 0.3) is 0 Å². The molecular formula is C15H16N2O3S. The van der Waals surface area contributed by atoms with Crippen molar-refractivity contribution in [2.45, 2.75) is 6.92 Å². The van der Waals surface area contributed by atoms with Crippen molar-refractivity contribution < 1.29 is 14.3 Å². The molecule has 1 aromatic heterocycles. The Morgan fingerprint density at radius 1 is 1.19 bits per heavy atom. The first-order valence-corrected chi connectivity index (χ1v) is 7.14. The van der Waals surface area contributed by atoms with E-state index in [4.69, 9.17) is 9.47 Å². The number of rotatable bonds is 5. The second-order valence-electron chi connectivity index (χ2n) is 4.19. The molecule has 110 valence electrons. The third-order valence-corrected chi connectivity index (χ3v) is 3.74. The molecule has 5 nitrogen and oxygen atoms in total. The van der Waals surface area contributed by atoms with Crippen LogP contribution in [-0.4, -0.2) is 25.8 Å². The fraction of sp³-hybridized carbons (Fsp3) is 0.200. The molecule has 0 saturated carbocycles. The predicted molar refractivity (Wildman–Crippen MR) is 83.5 cm³/mol. The van der Waals surface area contributed by atoms with Crippen molar-refractivity contribution in [2.24, 2.45) is 5.10 Å². The molecule has 1 aromatic carbocycles. The highest BCUT2D eigenvalue weighted by Crippen LogP contribution is 2.27. The van der Waals surface area contributed by atoms with Gasteiger partial charge in [-0.25, -0.2) is 5.43 Å². The van der Waals surface area contributed by atoms with Crippen LogP contribution >= 0.6 is 11.3 Å². The molecule has 21 heavy (non-hydrogen) atoms. The molecule has 1 heterocycles. The highest BCUT2D eigenvalue weighted by molar-refractivity contribution is 7.12. The monoisotopic (exact) mass is 304 g/mol. The van der Waals surface area contributed by atoms with Crippen LogP contribution in [0.5, 0.6) is 11.5 Å². The number of ether oxygens (including phenoxy) is 2. The highest BCUT2D eigenvalue weighted by atomic mass is 32.1. The van der Waals surface area contributed by atoms with E-state index in [0.717, 1.165) is 5.56 Å². The van der Waals surface area contributed by atoms with Gasteiger partial charge in [0.15, 0.2) is 11.5 Å². The van der Waals surface area contributed by atoms with Crippen LogP contribution < -0.4 is 14.9 Å². The second kappa shape index (κ2) is 6.90. The van der Waals surface area contributed by atoms with E-state index in [0.29, 0.717) is 22.1 Å². The number of carbonyl (C=O) groups excluding carboxylic acids is 1. The summed E-state index contributed by atoms with van der Waals surface area (Å²) in [4.78, 5) is 12.4. The quantitative estimate of drug-likeness (QED) is 0.682. The first-order chi connectivity index (χ1) is 10.2. The van der Waals surface area contributed by atoms with Gasteiger partial charge in [0.1, 0.15) is 0 Å². The van der Waals surface area contributed by atoms with Crippen LogP contribution in [-0.2, 0) is 0 Å². The molecule has 1 N–H and O–H groups in total. The molecule has 0 radical (unpaired) electrons. The summed E-state index contributed by atoms with van der Waals surface area (Å²) < 4.78 is 10.4. The van der Waals surface area contributed by atoms with E-state index >= 15 is 0 Å². The molecule has 2 aromatic rings. The minimum absolute atomic E-state index is 0.218. The number of hydrogen-bond donors (Lipinski definition) is 1. The lowest BCUT2D eigenvalue weighted by Crippen LogP contribution is -2.18. The van der Waals surface area contributed by atoms with Gasteiger partial charge in [-0.05, 0) is 36.6 Å². The molecule has 1 amide bonds. The van der Waals surface area contributed by atoms with Gasteiger partial charge in [-0.15, -0.1) is 11.3 Å². The number of nitrogens with one attached hydrogen (secondary N) is 1. The lowest BCUT2D eigenvalue weighted by Gasteiger charge is -2.09. The van der Waals surface area contributed by atoms with Crippen LogP contribution in [0.4, 0.5) is 0 Å². The molecular weight excluding hydrogens is 288 g/mol. The van der Waals surface area contributed by atoms with E-state index in [9.17, 15) is 4.79 Å². The van der Waals surface area contributed by atoms with Crippen LogP contribution in [0.2, 0.25) is 0 Å². The molecule has 0 aliphatic rings. The number of amides is 1. The maximum absolute atomic E-state index is 11.8. The molecule has 0 fully saturated rings. The van der Waals surface area contributed by atoms with Crippen molar-refractivity contribution in [2.75, 3.05) is 14.2 Å². The second-order valence-corrected chi connectivity index (χ2v) is 5.13. The minimum Gasteiger partial charge on any atom is -0.493 e. The summed E-state index contributed by atoms with van der Waals surface area (Å²) in [6.45, 7) is 1.82. The van der Waals surface area contributed by atoms with Crippen LogP contribution in [0.15, 0.2) is 40.8 Å². The SMILES string of the molecule is COc1ccc(/C(C)=N/NC(=O)c2cccs2)cc1OC. The average Bonchev–Trinajstić information content (AvgIpc) is 3.06. The van der Waals surface area contributed by atoms with Gasteiger partial charge in [0, 0.05) is 5.56 Å². The summed E-state index contributed by atoms with van der Waals surface area (Å²) in [5.41, 5.74) is 4.06. The Morgan fingerprint density at radius 3 is 2.57 bits per heavy atom. The molecule has 0 aliphatic heterocycles. The third kappa shape index (κ3) is 3.61. The van der Waals surface area contributed by atoms with Crippen LogP contribution in [0.1, 0.15) is 22.2 Å². The van der Waals surface area contributed by atoms with Gasteiger partial charge in [-0.1, -0.05) is 6.07 Å². The minimum atomic E-state index is -0.218.